The highest BCUT2D eigenvalue weighted by Crippen LogP contribution is 2.23. The van der Waals surface area contributed by atoms with Gasteiger partial charge in [0.25, 0.3) is 0 Å². The first-order valence-electron chi connectivity index (χ1n) is 5.52. The van der Waals surface area contributed by atoms with Crippen molar-refractivity contribution in [3.63, 3.8) is 0 Å². The predicted molar refractivity (Wildman–Crippen MR) is 65.9 cm³/mol. The summed E-state index contributed by atoms with van der Waals surface area (Å²) < 4.78 is 0. The van der Waals surface area contributed by atoms with Crippen molar-refractivity contribution in [2.24, 2.45) is 17.1 Å². The second-order valence-corrected chi connectivity index (χ2v) is 6.47. The number of thioether (sulfide) groups is 1. The highest BCUT2D eigenvalue weighted by Gasteiger charge is 2.27. The minimum atomic E-state index is -0.411. The molecule has 0 bridgehead atoms. The van der Waals surface area contributed by atoms with Crippen LogP contribution < -0.4 is 11.1 Å². The number of nitrogens with two attached hydrogens (primary N) is 1. The summed E-state index contributed by atoms with van der Waals surface area (Å²) in [5.41, 5.74) is 5.70. The molecule has 0 aromatic heterocycles. The lowest BCUT2D eigenvalue weighted by Crippen LogP contribution is -2.49. The van der Waals surface area contributed by atoms with E-state index < -0.39 is 6.04 Å². The molecule has 0 aliphatic carbocycles. The monoisotopic (exact) mass is 230 g/mol. The fourth-order valence-corrected chi connectivity index (χ4v) is 2.78. The van der Waals surface area contributed by atoms with Crippen LogP contribution in [0.25, 0.3) is 0 Å². The molecule has 1 rings (SSSR count). The van der Waals surface area contributed by atoms with Gasteiger partial charge in [0.15, 0.2) is 0 Å². The molecule has 15 heavy (non-hydrogen) atoms. The predicted octanol–water partition coefficient (Wildman–Crippen LogP) is 1.23. The van der Waals surface area contributed by atoms with Crippen LogP contribution in [0.4, 0.5) is 0 Å². The minimum absolute atomic E-state index is 0.0144. The Hall–Kier alpha value is -0.220. The molecule has 1 heterocycles. The first kappa shape index (κ1) is 12.8. The first-order chi connectivity index (χ1) is 6.91. The summed E-state index contributed by atoms with van der Waals surface area (Å²) in [5.74, 6) is 3.03. The zero-order valence-electron chi connectivity index (χ0n) is 9.88. The van der Waals surface area contributed by atoms with E-state index in [2.05, 4.69) is 5.32 Å². The van der Waals surface area contributed by atoms with Gasteiger partial charge in [-0.15, -0.1) is 0 Å². The maximum Gasteiger partial charge on any atom is 0.237 e. The molecule has 88 valence electrons. The van der Waals surface area contributed by atoms with Gasteiger partial charge in [-0.2, -0.15) is 11.8 Å². The molecule has 1 aliphatic heterocycles. The molecule has 2 unspecified atom stereocenters. The summed E-state index contributed by atoms with van der Waals surface area (Å²) in [7, 11) is 0. The van der Waals surface area contributed by atoms with Crippen LogP contribution in [0.1, 0.15) is 27.2 Å². The van der Waals surface area contributed by atoms with Gasteiger partial charge in [-0.25, -0.2) is 0 Å². The average molecular weight is 230 g/mol. The van der Waals surface area contributed by atoms with E-state index in [0.29, 0.717) is 5.92 Å². The topological polar surface area (TPSA) is 55.1 Å². The van der Waals surface area contributed by atoms with E-state index in [1.807, 2.05) is 32.5 Å². The van der Waals surface area contributed by atoms with Gasteiger partial charge in [-0.05, 0) is 29.3 Å². The first-order valence-corrected chi connectivity index (χ1v) is 6.68. The Morgan fingerprint density at radius 2 is 2.27 bits per heavy atom. The number of amides is 1. The molecule has 3 nitrogen and oxygen atoms in total. The number of hydrogen-bond acceptors (Lipinski definition) is 3. The maximum absolute atomic E-state index is 11.7. The minimum Gasteiger partial charge on any atom is -0.354 e. The SMILES string of the molecule is CC(C)(C)C(N)C(=O)NCC1CCSC1. The summed E-state index contributed by atoms with van der Waals surface area (Å²) in [6, 6.07) is -0.411. The summed E-state index contributed by atoms with van der Waals surface area (Å²) in [4.78, 5) is 11.7. The Bertz CT molecular complexity index is 219. The Morgan fingerprint density at radius 3 is 2.73 bits per heavy atom. The van der Waals surface area contributed by atoms with E-state index in [1.165, 1.54) is 17.9 Å². The van der Waals surface area contributed by atoms with Gasteiger partial charge in [0, 0.05) is 6.54 Å². The lowest BCUT2D eigenvalue weighted by molar-refractivity contribution is -0.124. The molecule has 2 atom stereocenters. The number of rotatable bonds is 3. The van der Waals surface area contributed by atoms with Gasteiger partial charge in [-0.1, -0.05) is 20.8 Å². The normalized spacial score (nSPS) is 23.9. The van der Waals surface area contributed by atoms with Crippen LogP contribution in [0.15, 0.2) is 0 Å². The van der Waals surface area contributed by atoms with E-state index in [1.54, 1.807) is 0 Å². The largest absolute Gasteiger partial charge is 0.354 e. The van der Waals surface area contributed by atoms with Crippen LogP contribution in [0.2, 0.25) is 0 Å². The summed E-state index contributed by atoms with van der Waals surface area (Å²) in [6.45, 7) is 6.75. The van der Waals surface area contributed by atoms with Crippen molar-refractivity contribution in [3.8, 4) is 0 Å². The van der Waals surface area contributed by atoms with Crippen molar-refractivity contribution < 1.29 is 4.79 Å². The second kappa shape index (κ2) is 5.21. The van der Waals surface area contributed by atoms with Crippen LogP contribution >= 0.6 is 11.8 Å². The number of hydrogen-bond donors (Lipinski definition) is 2. The molecule has 0 aromatic rings. The van der Waals surface area contributed by atoms with E-state index >= 15 is 0 Å². The molecule has 1 aliphatic rings. The van der Waals surface area contributed by atoms with Gasteiger partial charge >= 0.3 is 0 Å². The standard InChI is InChI=1S/C11H22N2OS/c1-11(2,3)9(12)10(14)13-6-8-4-5-15-7-8/h8-9H,4-7,12H2,1-3H3,(H,13,14). The zero-order chi connectivity index (χ0) is 11.5. The van der Waals surface area contributed by atoms with Crippen molar-refractivity contribution in [1.29, 1.82) is 0 Å². The van der Waals surface area contributed by atoms with Gasteiger partial charge in [0.2, 0.25) is 5.91 Å². The lowest BCUT2D eigenvalue weighted by atomic mass is 9.87. The van der Waals surface area contributed by atoms with Crippen molar-refractivity contribution in [2.45, 2.75) is 33.2 Å². The molecule has 0 saturated carbocycles. The quantitative estimate of drug-likeness (QED) is 0.767. The fraction of sp³-hybridized carbons (Fsp3) is 0.909. The molecule has 1 fully saturated rings. The molecular weight excluding hydrogens is 208 g/mol. The van der Waals surface area contributed by atoms with Crippen molar-refractivity contribution in [3.05, 3.63) is 0 Å². The third-order valence-electron chi connectivity index (χ3n) is 2.80. The Kier molecular flexibility index (Phi) is 4.46. The lowest BCUT2D eigenvalue weighted by Gasteiger charge is -2.26. The van der Waals surface area contributed by atoms with Gasteiger partial charge < -0.3 is 11.1 Å². The second-order valence-electron chi connectivity index (χ2n) is 5.32. The third kappa shape index (κ3) is 4.03. The molecular formula is C11H22N2OS. The molecule has 3 N–H and O–H groups in total. The number of carbonyl (C=O) groups is 1. The highest BCUT2D eigenvalue weighted by molar-refractivity contribution is 7.99. The van der Waals surface area contributed by atoms with Gasteiger partial charge in [0.1, 0.15) is 0 Å². The molecule has 4 heteroatoms. The van der Waals surface area contributed by atoms with Crippen molar-refractivity contribution >= 4 is 17.7 Å². The average Bonchev–Trinajstić information content (AvgIpc) is 2.63. The van der Waals surface area contributed by atoms with Crippen LogP contribution in [0.3, 0.4) is 0 Å². The van der Waals surface area contributed by atoms with E-state index in [0.717, 1.165) is 6.54 Å². The van der Waals surface area contributed by atoms with E-state index in [-0.39, 0.29) is 11.3 Å². The molecule has 1 saturated heterocycles. The summed E-state index contributed by atoms with van der Waals surface area (Å²) in [5, 5.41) is 2.95. The Morgan fingerprint density at radius 1 is 1.60 bits per heavy atom. The van der Waals surface area contributed by atoms with E-state index in [4.69, 9.17) is 5.73 Å². The fourth-order valence-electron chi connectivity index (χ4n) is 1.49. The van der Waals surface area contributed by atoms with Gasteiger partial charge in [0.05, 0.1) is 6.04 Å². The van der Waals surface area contributed by atoms with Crippen LogP contribution in [-0.4, -0.2) is 30.0 Å². The molecule has 0 aromatic carbocycles. The maximum atomic E-state index is 11.7. The number of carbonyl (C=O) groups excluding carboxylic acids is 1. The molecule has 0 radical (unpaired) electrons. The molecule has 0 spiro atoms. The smallest absolute Gasteiger partial charge is 0.237 e. The van der Waals surface area contributed by atoms with Crippen molar-refractivity contribution in [1.82, 2.24) is 5.32 Å². The Labute approximate surface area is 96.6 Å². The third-order valence-corrected chi connectivity index (χ3v) is 4.04. The van der Waals surface area contributed by atoms with E-state index in [9.17, 15) is 4.79 Å². The summed E-state index contributed by atoms with van der Waals surface area (Å²) >= 11 is 1.97. The van der Waals surface area contributed by atoms with Crippen LogP contribution in [-0.2, 0) is 4.79 Å². The van der Waals surface area contributed by atoms with Crippen LogP contribution in [0.5, 0.6) is 0 Å². The van der Waals surface area contributed by atoms with Crippen LogP contribution in [0, 0.1) is 11.3 Å². The molecule has 1 amide bonds. The van der Waals surface area contributed by atoms with Gasteiger partial charge in [-0.3, -0.25) is 4.79 Å². The van der Waals surface area contributed by atoms with Crippen molar-refractivity contribution in [2.75, 3.05) is 18.1 Å². The Balaban J connectivity index is 2.29. The highest BCUT2D eigenvalue weighted by atomic mass is 32.2. The zero-order valence-corrected chi connectivity index (χ0v) is 10.7. The number of nitrogens with one attached hydrogen (secondary N) is 1. The summed E-state index contributed by atoms with van der Waals surface area (Å²) in [6.07, 6.45) is 1.22.